The maximum Gasteiger partial charge on any atom is 0.332 e. The van der Waals surface area contributed by atoms with E-state index in [4.69, 9.17) is 5.11 Å². The molecule has 4 aliphatic rings. The third-order valence-electron chi connectivity index (χ3n) is 9.76. The van der Waals surface area contributed by atoms with Crippen molar-refractivity contribution in [3.8, 4) is 0 Å². The van der Waals surface area contributed by atoms with E-state index < -0.39 is 12.1 Å². The Morgan fingerprint density at radius 3 is 2.55 bits per heavy atom. The normalized spacial score (nSPS) is 40.4. The highest BCUT2D eigenvalue weighted by atomic mass is 16.4. The molecular formula is C26H40O3. The van der Waals surface area contributed by atoms with Crippen molar-refractivity contribution < 1.29 is 15.0 Å². The number of hydrogen-bond donors (Lipinski definition) is 2. The molecule has 0 saturated heterocycles. The van der Waals surface area contributed by atoms with Gasteiger partial charge in [0.05, 0.1) is 0 Å². The highest BCUT2D eigenvalue weighted by Crippen LogP contribution is 2.66. The smallest absolute Gasteiger partial charge is 0.332 e. The Morgan fingerprint density at radius 1 is 1.14 bits per heavy atom. The van der Waals surface area contributed by atoms with Gasteiger partial charge in [0.2, 0.25) is 0 Å². The second kappa shape index (κ2) is 6.97. The van der Waals surface area contributed by atoms with Gasteiger partial charge < -0.3 is 10.2 Å². The first-order chi connectivity index (χ1) is 13.5. The number of aliphatic hydroxyl groups is 1. The third-order valence-corrected chi connectivity index (χ3v) is 9.76. The summed E-state index contributed by atoms with van der Waals surface area (Å²) in [4.78, 5) is 11.2. The highest BCUT2D eigenvalue weighted by Gasteiger charge is 2.55. The molecule has 3 nitrogen and oxygen atoms in total. The Balaban J connectivity index is 1.63. The van der Waals surface area contributed by atoms with Crippen LogP contribution in [0.1, 0.15) is 92.4 Å². The van der Waals surface area contributed by atoms with Crippen LogP contribution in [0.4, 0.5) is 0 Å². The summed E-state index contributed by atoms with van der Waals surface area (Å²) in [6, 6.07) is 0. The minimum absolute atomic E-state index is 0.143. The second-order valence-corrected chi connectivity index (χ2v) is 11.8. The van der Waals surface area contributed by atoms with Gasteiger partial charge in [-0.15, -0.1) is 0 Å². The van der Waals surface area contributed by atoms with Gasteiger partial charge in [0.25, 0.3) is 0 Å². The molecule has 162 valence electrons. The van der Waals surface area contributed by atoms with Crippen LogP contribution in [0.2, 0.25) is 0 Å². The van der Waals surface area contributed by atoms with Gasteiger partial charge in [0, 0.05) is 0 Å². The number of fused-ring (bicyclic) bond motifs is 4. The van der Waals surface area contributed by atoms with E-state index in [0.29, 0.717) is 23.2 Å². The van der Waals surface area contributed by atoms with Crippen molar-refractivity contribution in [2.75, 3.05) is 0 Å². The molecule has 0 radical (unpaired) electrons. The van der Waals surface area contributed by atoms with Crippen LogP contribution >= 0.6 is 0 Å². The van der Waals surface area contributed by atoms with Crippen LogP contribution in [-0.4, -0.2) is 22.3 Å². The maximum absolute atomic E-state index is 11.2. The number of hydrogen-bond acceptors (Lipinski definition) is 2. The summed E-state index contributed by atoms with van der Waals surface area (Å²) in [5, 5.41) is 19.0. The van der Waals surface area contributed by atoms with E-state index in [0.717, 1.165) is 12.3 Å². The zero-order valence-corrected chi connectivity index (χ0v) is 19.1. The molecule has 3 heteroatoms. The fraction of sp³-hybridized carbons (Fsp3) is 0.808. The van der Waals surface area contributed by atoms with E-state index in [9.17, 15) is 9.90 Å². The van der Waals surface area contributed by atoms with Gasteiger partial charge in [-0.05, 0) is 96.5 Å². The van der Waals surface area contributed by atoms with Gasteiger partial charge in [-0.2, -0.15) is 0 Å². The van der Waals surface area contributed by atoms with Crippen molar-refractivity contribution in [1.82, 2.24) is 0 Å². The van der Waals surface area contributed by atoms with E-state index in [1.54, 1.807) is 16.7 Å². The summed E-state index contributed by atoms with van der Waals surface area (Å²) in [5.41, 5.74) is 5.97. The molecule has 0 heterocycles. The molecule has 29 heavy (non-hydrogen) atoms. The number of carboxylic acids is 1. The Morgan fingerprint density at radius 2 is 1.86 bits per heavy atom. The number of aliphatic carboxylic acids is 1. The van der Waals surface area contributed by atoms with Crippen molar-refractivity contribution in [2.45, 2.75) is 98.5 Å². The molecule has 0 spiro atoms. The van der Waals surface area contributed by atoms with Crippen LogP contribution in [0.3, 0.4) is 0 Å². The van der Waals surface area contributed by atoms with E-state index in [-0.39, 0.29) is 11.3 Å². The Bertz CT molecular complexity index is 760. The number of carboxylic acid groups (broad SMARTS) is 1. The van der Waals surface area contributed by atoms with Crippen molar-refractivity contribution >= 4 is 5.97 Å². The van der Waals surface area contributed by atoms with Crippen molar-refractivity contribution in [3.05, 3.63) is 22.8 Å². The lowest BCUT2D eigenvalue weighted by Crippen LogP contribution is -2.47. The van der Waals surface area contributed by atoms with Gasteiger partial charge in [0.15, 0.2) is 6.10 Å². The number of allylic oxidation sites excluding steroid dienone is 4. The van der Waals surface area contributed by atoms with Crippen LogP contribution in [0.15, 0.2) is 22.8 Å². The largest absolute Gasteiger partial charge is 0.479 e. The summed E-state index contributed by atoms with van der Waals surface area (Å²) >= 11 is 0. The summed E-state index contributed by atoms with van der Waals surface area (Å²) < 4.78 is 0. The summed E-state index contributed by atoms with van der Waals surface area (Å²) in [6.45, 7) is 12.1. The first kappa shape index (κ1) is 21.2. The second-order valence-electron chi connectivity index (χ2n) is 11.8. The van der Waals surface area contributed by atoms with Gasteiger partial charge in [-0.25, -0.2) is 4.79 Å². The van der Waals surface area contributed by atoms with E-state index in [1.165, 1.54) is 44.9 Å². The Labute approximate surface area is 176 Å². The predicted octanol–water partition coefficient (Wildman–Crippen LogP) is 6.13. The van der Waals surface area contributed by atoms with Crippen molar-refractivity contribution in [3.63, 3.8) is 0 Å². The average molecular weight is 401 g/mol. The molecule has 2 N–H and O–H groups in total. The molecule has 0 aromatic carbocycles. The SMILES string of the molecule is C[C@H](CC(O)C(=O)O)[C@H]1CC=C2C3=C(CC[C@@]21C)[C@@]1(C)CCCC(C)(C)[C@@H]1CC3. The van der Waals surface area contributed by atoms with Crippen molar-refractivity contribution in [1.29, 1.82) is 0 Å². The molecule has 0 aromatic rings. The van der Waals surface area contributed by atoms with E-state index in [1.807, 2.05) is 0 Å². The minimum atomic E-state index is -1.24. The standard InChI is InChI=1S/C26H40O3/c1-16(15-21(27)23(28)29)18-8-9-19-17-7-10-22-24(2,3)12-6-13-26(22,5)20(17)11-14-25(18,19)4/h9,16,18,21-22,27H,6-8,10-15H2,1-5H3,(H,28,29)/t16-,18-,21?,22+,25-,26-/m1/s1. The zero-order chi connectivity index (χ0) is 21.2. The Hall–Kier alpha value is -1.09. The van der Waals surface area contributed by atoms with Crippen molar-refractivity contribution in [2.24, 2.45) is 34.0 Å². The van der Waals surface area contributed by atoms with E-state index >= 15 is 0 Å². The molecule has 0 aromatic heterocycles. The highest BCUT2D eigenvalue weighted by molar-refractivity contribution is 5.71. The molecular weight excluding hydrogens is 360 g/mol. The molecule has 6 atom stereocenters. The number of aliphatic hydroxyl groups excluding tert-OH is 1. The van der Waals surface area contributed by atoms with Crippen LogP contribution in [0.5, 0.6) is 0 Å². The number of carbonyl (C=O) groups is 1. The van der Waals surface area contributed by atoms with Crippen LogP contribution in [0, 0.1) is 34.0 Å². The first-order valence-corrected chi connectivity index (χ1v) is 11.8. The minimum Gasteiger partial charge on any atom is -0.479 e. The van der Waals surface area contributed by atoms with Gasteiger partial charge >= 0.3 is 5.97 Å². The topological polar surface area (TPSA) is 57.5 Å². The lowest BCUT2D eigenvalue weighted by molar-refractivity contribution is -0.147. The molecule has 0 aliphatic heterocycles. The zero-order valence-electron chi connectivity index (χ0n) is 19.1. The fourth-order valence-corrected chi connectivity index (χ4v) is 8.30. The average Bonchev–Trinajstić information content (AvgIpc) is 2.98. The van der Waals surface area contributed by atoms with Gasteiger partial charge in [0.1, 0.15) is 0 Å². The molecule has 1 unspecified atom stereocenters. The van der Waals surface area contributed by atoms with E-state index in [2.05, 4.69) is 40.7 Å². The van der Waals surface area contributed by atoms with Crippen LogP contribution in [0.25, 0.3) is 0 Å². The summed E-state index contributed by atoms with van der Waals surface area (Å²) in [5.74, 6) is 0.360. The molecule has 1 saturated carbocycles. The van der Waals surface area contributed by atoms with Crippen LogP contribution < -0.4 is 0 Å². The summed E-state index contributed by atoms with van der Waals surface area (Å²) in [7, 11) is 0. The Kier molecular flexibility index (Phi) is 5.08. The monoisotopic (exact) mass is 400 g/mol. The summed E-state index contributed by atoms with van der Waals surface area (Å²) in [6.07, 6.45) is 11.6. The van der Waals surface area contributed by atoms with Gasteiger partial charge in [-0.3, -0.25) is 0 Å². The third kappa shape index (κ3) is 3.14. The maximum atomic E-state index is 11.2. The molecule has 1 fully saturated rings. The lowest BCUT2D eigenvalue weighted by Gasteiger charge is -2.58. The van der Waals surface area contributed by atoms with Gasteiger partial charge in [-0.1, -0.05) is 52.7 Å². The lowest BCUT2D eigenvalue weighted by atomic mass is 9.47. The molecule has 4 aliphatic carbocycles. The molecule has 4 rings (SSSR count). The number of rotatable bonds is 4. The fourth-order valence-electron chi connectivity index (χ4n) is 8.30. The van der Waals surface area contributed by atoms with Crippen LogP contribution in [-0.2, 0) is 4.79 Å². The first-order valence-electron chi connectivity index (χ1n) is 11.8. The quantitative estimate of drug-likeness (QED) is 0.597. The molecule has 0 bridgehead atoms. The molecule has 0 amide bonds. The predicted molar refractivity (Wildman–Crippen MR) is 116 cm³/mol.